The van der Waals surface area contributed by atoms with E-state index in [9.17, 15) is 4.79 Å². The molecule has 0 unspecified atom stereocenters. The first-order valence-corrected chi connectivity index (χ1v) is 8.05. The summed E-state index contributed by atoms with van der Waals surface area (Å²) in [5.41, 5.74) is 2.53. The molecule has 4 rings (SSSR count). The van der Waals surface area contributed by atoms with Gasteiger partial charge in [-0.2, -0.15) is 9.36 Å². The number of hydrogen-bond donors (Lipinski definition) is 0. The Morgan fingerprint density at radius 2 is 1.95 bits per heavy atom. The molecule has 0 atom stereocenters. The molecule has 0 fully saturated rings. The molecule has 6 nitrogen and oxygen atoms in total. The fourth-order valence-corrected chi connectivity index (χ4v) is 3.42. The first kappa shape index (κ1) is 13.4. The van der Waals surface area contributed by atoms with Gasteiger partial charge in [0.1, 0.15) is 11.7 Å². The van der Waals surface area contributed by atoms with E-state index in [1.54, 1.807) is 0 Å². The Balaban J connectivity index is 1.55. The van der Waals surface area contributed by atoms with Crippen molar-refractivity contribution < 1.29 is 0 Å². The normalized spacial score (nSPS) is 14.9. The second-order valence-corrected chi connectivity index (χ2v) is 6.26. The van der Waals surface area contributed by atoms with Crippen LogP contribution in [0.3, 0.4) is 0 Å². The molecule has 0 spiro atoms. The second-order valence-electron chi connectivity index (χ2n) is 5.34. The van der Waals surface area contributed by atoms with Crippen molar-refractivity contribution in [2.45, 2.75) is 19.6 Å². The Hall–Kier alpha value is -2.25. The van der Waals surface area contributed by atoms with Gasteiger partial charge in [-0.05, 0) is 45.5 Å². The predicted molar refractivity (Wildman–Crippen MR) is 84.1 cm³/mol. The number of hydrogen-bond acceptors (Lipinski definition) is 5. The van der Waals surface area contributed by atoms with Crippen LogP contribution in [0.15, 0.2) is 46.6 Å². The van der Waals surface area contributed by atoms with Crippen molar-refractivity contribution in [3.63, 3.8) is 0 Å². The topological polar surface area (TPSA) is 56.0 Å². The summed E-state index contributed by atoms with van der Waals surface area (Å²) in [7, 11) is 0. The number of thiophene rings is 1. The first-order chi connectivity index (χ1) is 10.8. The highest BCUT2D eigenvalue weighted by Gasteiger charge is 2.18. The minimum atomic E-state index is -0.193. The third kappa shape index (κ3) is 2.38. The minimum absolute atomic E-state index is 0.193. The van der Waals surface area contributed by atoms with Crippen LogP contribution in [0, 0.1) is 0 Å². The maximum atomic E-state index is 12.4. The summed E-state index contributed by atoms with van der Waals surface area (Å²) >= 11 is 1.47. The van der Waals surface area contributed by atoms with E-state index in [0.29, 0.717) is 6.67 Å². The van der Waals surface area contributed by atoms with Gasteiger partial charge in [-0.1, -0.05) is 24.3 Å². The van der Waals surface area contributed by atoms with Gasteiger partial charge in [0.05, 0.1) is 0 Å². The number of rotatable bonds is 3. The Bertz CT molecular complexity index is 836. The number of fused-ring (bicyclic) bond motifs is 1. The molecular formula is C15H15N5OS. The summed E-state index contributed by atoms with van der Waals surface area (Å²) in [6.45, 7) is 2.24. The molecule has 0 aliphatic carbocycles. The summed E-state index contributed by atoms with van der Waals surface area (Å²) in [4.78, 5) is 14.6. The van der Waals surface area contributed by atoms with Crippen molar-refractivity contribution in [1.82, 2.24) is 24.7 Å². The molecule has 0 radical (unpaired) electrons. The van der Waals surface area contributed by atoms with E-state index < -0.39 is 0 Å². The molecule has 0 amide bonds. The van der Waals surface area contributed by atoms with Crippen molar-refractivity contribution in [2.75, 3.05) is 6.54 Å². The van der Waals surface area contributed by atoms with Crippen molar-refractivity contribution in [3.05, 3.63) is 63.4 Å². The highest BCUT2D eigenvalue weighted by Crippen LogP contribution is 2.18. The Kier molecular flexibility index (Phi) is 3.36. The van der Waals surface area contributed by atoms with E-state index in [1.165, 1.54) is 31.8 Å². The molecule has 7 heteroatoms. The van der Waals surface area contributed by atoms with Crippen molar-refractivity contribution in [3.8, 4) is 5.00 Å². The van der Waals surface area contributed by atoms with Crippen LogP contribution in [-0.2, 0) is 19.6 Å². The van der Waals surface area contributed by atoms with Crippen LogP contribution in [0.25, 0.3) is 5.00 Å². The standard InChI is InChI=1S/C15H15N5OS/c21-15-19(16-17-20(15)14-6-3-9-22-14)11-18-8-7-12-4-1-2-5-13(12)10-18/h1-6,9H,7-8,10-11H2. The van der Waals surface area contributed by atoms with Crippen LogP contribution in [0.2, 0.25) is 0 Å². The maximum absolute atomic E-state index is 12.4. The van der Waals surface area contributed by atoms with E-state index in [2.05, 4.69) is 39.6 Å². The molecule has 3 aromatic rings. The van der Waals surface area contributed by atoms with E-state index in [4.69, 9.17) is 0 Å². The fraction of sp³-hybridized carbons (Fsp3) is 0.267. The zero-order valence-electron chi connectivity index (χ0n) is 11.9. The summed E-state index contributed by atoms with van der Waals surface area (Å²) < 4.78 is 2.77. The molecular weight excluding hydrogens is 298 g/mol. The van der Waals surface area contributed by atoms with Gasteiger partial charge in [-0.3, -0.25) is 4.90 Å². The lowest BCUT2D eigenvalue weighted by Crippen LogP contribution is -2.36. The van der Waals surface area contributed by atoms with Gasteiger partial charge in [-0.25, -0.2) is 4.79 Å². The molecule has 22 heavy (non-hydrogen) atoms. The monoisotopic (exact) mass is 313 g/mol. The zero-order chi connectivity index (χ0) is 14.9. The van der Waals surface area contributed by atoms with Gasteiger partial charge >= 0.3 is 5.69 Å². The Morgan fingerprint density at radius 3 is 2.77 bits per heavy atom. The second kappa shape index (κ2) is 5.51. The van der Waals surface area contributed by atoms with Crippen molar-refractivity contribution >= 4 is 11.3 Å². The van der Waals surface area contributed by atoms with Gasteiger partial charge in [0.25, 0.3) is 0 Å². The molecule has 0 saturated carbocycles. The van der Waals surface area contributed by atoms with Gasteiger partial charge in [0.15, 0.2) is 0 Å². The lowest BCUT2D eigenvalue weighted by Gasteiger charge is -2.27. The molecule has 1 aliphatic rings. The van der Waals surface area contributed by atoms with Crippen molar-refractivity contribution in [2.24, 2.45) is 0 Å². The smallest absolute Gasteiger partial charge is 0.280 e. The lowest BCUT2D eigenvalue weighted by molar-refractivity contribution is 0.185. The number of aromatic nitrogens is 4. The maximum Gasteiger partial charge on any atom is 0.370 e. The van der Waals surface area contributed by atoms with E-state index in [1.807, 2.05) is 17.5 Å². The van der Waals surface area contributed by atoms with E-state index >= 15 is 0 Å². The largest absolute Gasteiger partial charge is 0.370 e. The average Bonchev–Trinajstić information content (AvgIpc) is 3.18. The van der Waals surface area contributed by atoms with Gasteiger partial charge < -0.3 is 0 Å². The first-order valence-electron chi connectivity index (χ1n) is 7.17. The Morgan fingerprint density at radius 1 is 1.09 bits per heavy atom. The Labute approximate surface area is 131 Å². The van der Waals surface area contributed by atoms with Crippen LogP contribution >= 0.6 is 11.3 Å². The van der Waals surface area contributed by atoms with Gasteiger partial charge in [0.2, 0.25) is 0 Å². The summed E-state index contributed by atoms with van der Waals surface area (Å²) in [6.07, 6.45) is 1.00. The summed E-state index contributed by atoms with van der Waals surface area (Å²) in [5.74, 6) is 0. The van der Waals surface area contributed by atoms with Crippen LogP contribution in [0.5, 0.6) is 0 Å². The molecule has 0 saturated heterocycles. The molecule has 0 N–H and O–H groups in total. The molecule has 3 heterocycles. The van der Waals surface area contributed by atoms with Crippen molar-refractivity contribution in [1.29, 1.82) is 0 Å². The molecule has 1 aliphatic heterocycles. The molecule has 112 valence electrons. The number of nitrogens with zero attached hydrogens (tertiary/aromatic N) is 5. The lowest BCUT2D eigenvalue weighted by atomic mass is 10.0. The highest BCUT2D eigenvalue weighted by molar-refractivity contribution is 7.12. The van der Waals surface area contributed by atoms with Crippen LogP contribution in [0.4, 0.5) is 0 Å². The number of benzene rings is 1. The molecule has 1 aromatic carbocycles. The molecule has 0 bridgehead atoms. The third-order valence-corrected chi connectivity index (χ3v) is 4.74. The predicted octanol–water partition coefficient (Wildman–Crippen LogP) is 1.51. The summed E-state index contributed by atoms with van der Waals surface area (Å²) in [5, 5.41) is 10.7. The van der Waals surface area contributed by atoms with Gasteiger partial charge in [0, 0.05) is 13.1 Å². The number of tetrazole rings is 1. The zero-order valence-corrected chi connectivity index (χ0v) is 12.7. The van der Waals surface area contributed by atoms with Crippen LogP contribution in [-0.4, -0.2) is 31.2 Å². The van der Waals surface area contributed by atoms with Crippen LogP contribution < -0.4 is 5.69 Å². The highest BCUT2D eigenvalue weighted by atomic mass is 32.1. The quantitative estimate of drug-likeness (QED) is 0.735. The average molecular weight is 313 g/mol. The summed E-state index contributed by atoms with van der Waals surface area (Å²) in [6, 6.07) is 12.2. The van der Waals surface area contributed by atoms with E-state index in [-0.39, 0.29) is 5.69 Å². The third-order valence-electron chi connectivity index (χ3n) is 3.90. The SMILES string of the molecule is O=c1n(CN2CCc3ccccc3C2)nnn1-c1cccs1. The fourth-order valence-electron chi connectivity index (χ4n) is 2.76. The molecule has 2 aromatic heterocycles. The van der Waals surface area contributed by atoms with E-state index in [0.717, 1.165) is 24.5 Å². The van der Waals surface area contributed by atoms with Crippen LogP contribution in [0.1, 0.15) is 11.1 Å². The van der Waals surface area contributed by atoms with Gasteiger partial charge in [-0.15, -0.1) is 11.3 Å². The minimum Gasteiger partial charge on any atom is -0.280 e.